The average molecular weight is 439 g/mol. The summed E-state index contributed by atoms with van der Waals surface area (Å²) in [7, 11) is -3.59. The molecule has 0 radical (unpaired) electrons. The first-order valence-corrected chi connectivity index (χ1v) is 11.6. The van der Waals surface area contributed by atoms with Crippen molar-refractivity contribution < 1.29 is 8.42 Å². The molecular weight excluding hydrogens is 420 g/mol. The number of hydrogen-bond donors (Lipinski definition) is 0. The van der Waals surface area contributed by atoms with Gasteiger partial charge in [0.2, 0.25) is 0 Å². The van der Waals surface area contributed by atoms with E-state index in [0.29, 0.717) is 11.4 Å². The van der Waals surface area contributed by atoms with Gasteiger partial charge in [0.25, 0.3) is 10.0 Å². The lowest BCUT2D eigenvalue weighted by molar-refractivity contribution is 0.574. The molecule has 1 atom stereocenters. The maximum Gasteiger partial charge on any atom is 0.264 e. The van der Waals surface area contributed by atoms with Crippen LogP contribution in [0, 0.1) is 6.92 Å². The van der Waals surface area contributed by atoms with E-state index in [1.807, 2.05) is 43.0 Å². The molecule has 0 bridgehead atoms. The van der Waals surface area contributed by atoms with Crippen LogP contribution in [0.3, 0.4) is 0 Å². The van der Waals surface area contributed by atoms with Gasteiger partial charge in [-0.15, -0.1) is 0 Å². The lowest BCUT2D eigenvalue weighted by Gasteiger charge is -2.46. The Morgan fingerprint density at radius 1 is 1.16 bits per heavy atom. The normalized spacial score (nSPS) is 20.2. The van der Waals surface area contributed by atoms with Gasteiger partial charge in [-0.05, 0) is 42.8 Å². The molecule has 0 saturated carbocycles. The van der Waals surface area contributed by atoms with E-state index in [0.717, 1.165) is 39.5 Å². The highest BCUT2D eigenvalue weighted by molar-refractivity contribution is 9.10. The Labute approximate surface area is 161 Å². The first-order chi connectivity index (χ1) is 12.0. The Balaban J connectivity index is 1.85. The number of nitrogens with zero attached hydrogens (tertiary/aromatic N) is 2. The minimum atomic E-state index is -3.59. The Morgan fingerprint density at radius 3 is 2.80 bits per heavy atom. The third kappa shape index (κ3) is 3.06. The fourth-order valence-electron chi connectivity index (χ4n) is 3.48. The third-order valence-electron chi connectivity index (χ3n) is 4.70. The average Bonchev–Trinajstić information content (AvgIpc) is 2.60. The zero-order chi connectivity index (χ0) is 17.6. The van der Waals surface area contributed by atoms with Gasteiger partial charge in [-0.25, -0.2) is 8.42 Å². The van der Waals surface area contributed by atoms with Gasteiger partial charge in [0.05, 0.1) is 28.9 Å². The van der Waals surface area contributed by atoms with Crippen LogP contribution in [-0.4, -0.2) is 39.1 Å². The van der Waals surface area contributed by atoms with E-state index in [1.54, 1.807) is 22.5 Å². The summed E-state index contributed by atoms with van der Waals surface area (Å²) in [4.78, 5) is 2.72. The van der Waals surface area contributed by atoms with Crippen molar-refractivity contribution >= 4 is 49.1 Å². The van der Waals surface area contributed by atoms with E-state index in [1.165, 1.54) is 0 Å². The highest BCUT2D eigenvalue weighted by atomic mass is 79.9. The molecule has 25 heavy (non-hydrogen) atoms. The first kappa shape index (κ1) is 17.2. The Hall–Kier alpha value is -1.18. The SMILES string of the molecule is Cc1cccc(S(=O)(=O)N2CC3CSCCN3c3ccc(Br)cc32)c1. The summed E-state index contributed by atoms with van der Waals surface area (Å²) in [6, 6.07) is 13.3. The van der Waals surface area contributed by atoms with Crippen LogP contribution in [0.1, 0.15) is 5.56 Å². The quantitative estimate of drug-likeness (QED) is 0.712. The fraction of sp³-hybridized carbons (Fsp3) is 0.333. The third-order valence-corrected chi connectivity index (χ3v) is 8.06. The number of halogens is 1. The Morgan fingerprint density at radius 2 is 2.00 bits per heavy atom. The van der Waals surface area contributed by atoms with Crippen molar-refractivity contribution in [1.82, 2.24) is 0 Å². The molecule has 7 heteroatoms. The zero-order valence-electron chi connectivity index (χ0n) is 13.9. The second-order valence-corrected chi connectivity index (χ2v) is 10.3. The smallest absolute Gasteiger partial charge is 0.264 e. The van der Waals surface area contributed by atoms with E-state index in [2.05, 4.69) is 20.8 Å². The number of sulfonamides is 1. The summed E-state index contributed by atoms with van der Waals surface area (Å²) in [5.74, 6) is 2.03. The summed E-state index contributed by atoms with van der Waals surface area (Å²) in [5.41, 5.74) is 2.72. The Bertz CT molecular complexity index is 917. The number of benzene rings is 2. The maximum absolute atomic E-state index is 13.4. The Kier molecular flexibility index (Phi) is 4.50. The topological polar surface area (TPSA) is 40.6 Å². The van der Waals surface area contributed by atoms with Crippen LogP contribution in [0.15, 0.2) is 51.8 Å². The molecule has 0 amide bonds. The zero-order valence-corrected chi connectivity index (χ0v) is 17.1. The molecule has 0 N–H and O–H groups in total. The van der Waals surface area contributed by atoms with Gasteiger partial charge in [-0.2, -0.15) is 11.8 Å². The number of thioether (sulfide) groups is 1. The van der Waals surface area contributed by atoms with Gasteiger partial charge in [0.1, 0.15) is 0 Å². The van der Waals surface area contributed by atoms with Crippen molar-refractivity contribution in [2.75, 3.05) is 33.8 Å². The van der Waals surface area contributed by atoms with Crippen LogP contribution >= 0.6 is 27.7 Å². The summed E-state index contributed by atoms with van der Waals surface area (Å²) in [6.45, 7) is 3.37. The molecule has 4 nitrogen and oxygen atoms in total. The van der Waals surface area contributed by atoms with Gasteiger partial charge >= 0.3 is 0 Å². The molecule has 4 rings (SSSR count). The van der Waals surface area contributed by atoms with E-state index in [9.17, 15) is 8.42 Å². The van der Waals surface area contributed by atoms with Crippen molar-refractivity contribution in [3.8, 4) is 0 Å². The molecule has 1 unspecified atom stereocenters. The standard InChI is InChI=1S/C18H19BrN2O2S2/c1-13-3-2-4-16(9-13)25(22,23)21-11-15-12-24-8-7-20(15)17-6-5-14(19)10-18(17)21/h2-6,9-10,15H,7-8,11-12H2,1H3. The molecule has 2 aromatic rings. The van der Waals surface area contributed by atoms with Gasteiger partial charge in [-0.1, -0.05) is 28.1 Å². The van der Waals surface area contributed by atoms with Crippen LogP contribution in [0.25, 0.3) is 0 Å². The van der Waals surface area contributed by atoms with Crippen molar-refractivity contribution in [1.29, 1.82) is 0 Å². The number of rotatable bonds is 2. The van der Waals surface area contributed by atoms with Crippen LogP contribution < -0.4 is 9.21 Å². The van der Waals surface area contributed by atoms with E-state index < -0.39 is 10.0 Å². The first-order valence-electron chi connectivity index (χ1n) is 8.20. The van der Waals surface area contributed by atoms with Gasteiger partial charge in [0, 0.05) is 22.5 Å². The number of aryl methyl sites for hydroxylation is 1. The summed E-state index contributed by atoms with van der Waals surface area (Å²) in [5, 5.41) is 0. The van der Waals surface area contributed by atoms with Gasteiger partial charge < -0.3 is 4.90 Å². The number of hydrogen-bond acceptors (Lipinski definition) is 4. The van der Waals surface area contributed by atoms with E-state index in [-0.39, 0.29) is 6.04 Å². The predicted molar refractivity (Wildman–Crippen MR) is 108 cm³/mol. The van der Waals surface area contributed by atoms with Crippen LogP contribution in [0.4, 0.5) is 11.4 Å². The van der Waals surface area contributed by atoms with Crippen LogP contribution in [0.5, 0.6) is 0 Å². The summed E-state index contributed by atoms with van der Waals surface area (Å²) >= 11 is 5.39. The van der Waals surface area contributed by atoms with E-state index in [4.69, 9.17) is 0 Å². The second-order valence-electron chi connectivity index (χ2n) is 6.41. The number of anilines is 2. The summed E-state index contributed by atoms with van der Waals surface area (Å²) in [6.07, 6.45) is 0. The second kappa shape index (κ2) is 6.52. The van der Waals surface area contributed by atoms with Crippen molar-refractivity contribution in [2.24, 2.45) is 0 Å². The molecule has 0 aromatic heterocycles. The van der Waals surface area contributed by atoms with Crippen molar-refractivity contribution in [2.45, 2.75) is 17.9 Å². The molecule has 1 fully saturated rings. The van der Waals surface area contributed by atoms with Gasteiger partial charge in [0.15, 0.2) is 0 Å². The van der Waals surface area contributed by atoms with Crippen molar-refractivity contribution in [3.63, 3.8) is 0 Å². The fourth-order valence-corrected chi connectivity index (χ4v) is 6.50. The van der Waals surface area contributed by atoms with Crippen molar-refractivity contribution in [3.05, 3.63) is 52.5 Å². The predicted octanol–water partition coefficient (Wildman–Crippen LogP) is 3.89. The highest BCUT2D eigenvalue weighted by Crippen LogP contribution is 2.42. The molecule has 2 heterocycles. The maximum atomic E-state index is 13.4. The van der Waals surface area contributed by atoms with Gasteiger partial charge in [-0.3, -0.25) is 4.31 Å². The van der Waals surface area contributed by atoms with Crippen LogP contribution in [0.2, 0.25) is 0 Å². The van der Waals surface area contributed by atoms with Crippen LogP contribution in [-0.2, 0) is 10.0 Å². The molecule has 0 spiro atoms. The molecule has 1 saturated heterocycles. The minimum Gasteiger partial charge on any atom is -0.363 e. The number of fused-ring (bicyclic) bond motifs is 3. The molecule has 0 aliphatic carbocycles. The lowest BCUT2D eigenvalue weighted by Crippen LogP contribution is -2.54. The molecule has 2 aromatic carbocycles. The molecular formula is C18H19BrN2O2S2. The largest absolute Gasteiger partial charge is 0.363 e. The molecule has 2 aliphatic heterocycles. The summed E-state index contributed by atoms with van der Waals surface area (Å²) < 4.78 is 29.2. The van der Waals surface area contributed by atoms with E-state index >= 15 is 0 Å². The minimum absolute atomic E-state index is 0.215. The highest BCUT2D eigenvalue weighted by Gasteiger charge is 2.38. The lowest BCUT2D eigenvalue weighted by atomic mass is 10.1. The monoisotopic (exact) mass is 438 g/mol. The molecule has 2 aliphatic rings. The molecule has 132 valence electrons.